The number of halogens is 1. The van der Waals surface area contributed by atoms with Crippen molar-refractivity contribution in [1.82, 2.24) is 14.9 Å². The minimum atomic E-state index is -3.86. The molecule has 2 aromatic carbocycles. The highest BCUT2D eigenvalue weighted by atomic mass is 35.5. The highest BCUT2D eigenvalue weighted by molar-refractivity contribution is 7.89. The van der Waals surface area contributed by atoms with Crippen LogP contribution in [0.3, 0.4) is 0 Å². The van der Waals surface area contributed by atoms with Gasteiger partial charge in [-0.25, -0.2) is 13.1 Å². The van der Waals surface area contributed by atoms with Crippen LogP contribution in [0.5, 0.6) is 0 Å². The zero-order chi connectivity index (χ0) is 23.4. The predicted molar refractivity (Wildman–Crippen MR) is 128 cm³/mol. The van der Waals surface area contributed by atoms with Crippen molar-refractivity contribution >= 4 is 27.5 Å². The van der Waals surface area contributed by atoms with Gasteiger partial charge in [0, 0.05) is 24.2 Å². The van der Waals surface area contributed by atoms with Crippen molar-refractivity contribution in [2.75, 3.05) is 13.1 Å². The molecule has 1 aliphatic heterocycles. The van der Waals surface area contributed by atoms with Gasteiger partial charge < -0.3 is 5.32 Å². The number of nitrogens with one attached hydrogen (secondary N) is 2. The van der Waals surface area contributed by atoms with Crippen LogP contribution in [-0.4, -0.2) is 37.9 Å². The van der Waals surface area contributed by atoms with Crippen LogP contribution in [0.25, 0.3) is 0 Å². The molecule has 0 saturated carbocycles. The minimum Gasteiger partial charge on any atom is -0.348 e. The summed E-state index contributed by atoms with van der Waals surface area (Å²) in [5.74, 6) is -0.346. The first-order valence-electron chi connectivity index (χ1n) is 11.0. The summed E-state index contributed by atoms with van der Waals surface area (Å²) in [5, 5.41) is 3.00. The lowest BCUT2D eigenvalue weighted by Gasteiger charge is -2.27. The summed E-state index contributed by atoms with van der Waals surface area (Å²) in [6.45, 7) is 8.68. The fourth-order valence-corrected chi connectivity index (χ4v) is 5.77. The molecule has 1 amide bonds. The Morgan fingerprint density at radius 3 is 2.34 bits per heavy atom. The molecule has 1 heterocycles. The van der Waals surface area contributed by atoms with Gasteiger partial charge in [0.25, 0.3) is 5.91 Å². The SMILES string of the molecule is CC(C)(C)NS(=O)(=O)c1cc(C(=O)NCc2ccccc2CN2CCCCC2)ccc1Cl. The van der Waals surface area contributed by atoms with E-state index in [0.717, 1.165) is 25.2 Å². The highest BCUT2D eigenvalue weighted by Gasteiger charge is 2.25. The number of hydrogen-bond donors (Lipinski definition) is 2. The van der Waals surface area contributed by atoms with E-state index in [-0.39, 0.29) is 21.4 Å². The van der Waals surface area contributed by atoms with E-state index >= 15 is 0 Å². The van der Waals surface area contributed by atoms with Crippen LogP contribution in [0.1, 0.15) is 61.5 Å². The zero-order valence-electron chi connectivity index (χ0n) is 18.9. The summed E-state index contributed by atoms with van der Waals surface area (Å²) in [7, 11) is -3.86. The maximum absolute atomic E-state index is 12.8. The molecule has 6 nitrogen and oxygen atoms in total. The maximum Gasteiger partial charge on any atom is 0.251 e. The summed E-state index contributed by atoms with van der Waals surface area (Å²) in [6.07, 6.45) is 3.74. The molecule has 1 aliphatic rings. The number of sulfonamides is 1. The van der Waals surface area contributed by atoms with Crippen molar-refractivity contribution in [2.24, 2.45) is 0 Å². The normalized spacial score (nSPS) is 15.5. The Morgan fingerprint density at radius 1 is 1.03 bits per heavy atom. The molecule has 2 aromatic rings. The Hall–Kier alpha value is -1.93. The first-order chi connectivity index (χ1) is 15.0. The first kappa shape index (κ1) is 24.7. The van der Waals surface area contributed by atoms with E-state index in [4.69, 9.17) is 11.6 Å². The zero-order valence-corrected chi connectivity index (χ0v) is 20.5. The fraction of sp³-hybridized carbons (Fsp3) is 0.458. The Balaban J connectivity index is 1.72. The predicted octanol–water partition coefficient (Wildman–Crippen LogP) is 4.33. The molecule has 0 spiro atoms. The number of hydrogen-bond acceptors (Lipinski definition) is 4. The monoisotopic (exact) mass is 477 g/mol. The number of likely N-dealkylation sites (tertiary alicyclic amines) is 1. The Kier molecular flexibility index (Phi) is 7.98. The minimum absolute atomic E-state index is 0.0742. The molecule has 0 radical (unpaired) electrons. The van der Waals surface area contributed by atoms with Gasteiger partial charge in [0.05, 0.1) is 5.02 Å². The smallest absolute Gasteiger partial charge is 0.251 e. The fourth-order valence-electron chi connectivity index (χ4n) is 3.83. The second kappa shape index (κ2) is 10.3. The molecule has 0 aliphatic carbocycles. The Morgan fingerprint density at radius 2 is 1.69 bits per heavy atom. The number of carbonyl (C=O) groups is 1. The quantitative estimate of drug-likeness (QED) is 0.622. The van der Waals surface area contributed by atoms with Crippen LogP contribution < -0.4 is 10.0 Å². The summed E-state index contributed by atoms with van der Waals surface area (Å²) in [4.78, 5) is 15.2. The summed E-state index contributed by atoms with van der Waals surface area (Å²) in [6, 6.07) is 12.4. The van der Waals surface area contributed by atoms with Gasteiger partial charge in [0.1, 0.15) is 4.90 Å². The van der Waals surface area contributed by atoms with Crippen LogP contribution in [0, 0.1) is 0 Å². The van der Waals surface area contributed by atoms with Crippen molar-refractivity contribution in [3.8, 4) is 0 Å². The molecule has 32 heavy (non-hydrogen) atoms. The summed E-state index contributed by atoms with van der Waals surface area (Å²) < 4.78 is 28.0. The van der Waals surface area contributed by atoms with Crippen molar-refractivity contribution in [2.45, 2.75) is 63.6 Å². The number of piperidine rings is 1. The second-order valence-electron chi connectivity index (χ2n) is 9.29. The number of rotatable bonds is 7. The van der Waals surface area contributed by atoms with Crippen molar-refractivity contribution in [3.63, 3.8) is 0 Å². The lowest BCUT2D eigenvalue weighted by atomic mass is 10.0. The van der Waals surface area contributed by atoms with E-state index in [2.05, 4.69) is 21.0 Å². The highest BCUT2D eigenvalue weighted by Crippen LogP contribution is 2.24. The van der Waals surface area contributed by atoms with Gasteiger partial charge in [-0.05, 0) is 76.0 Å². The van der Waals surface area contributed by atoms with E-state index in [0.29, 0.717) is 6.54 Å². The Bertz CT molecular complexity index is 1060. The van der Waals surface area contributed by atoms with Gasteiger partial charge in [0.15, 0.2) is 0 Å². The molecule has 1 saturated heterocycles. The number of benzene rings is 2. The van der Waals surface area contributed by atoms with Gasteiger partial charge in [0.2, 0.25) is 10.0 Å². The van der Waals surface area contributed by atoms with Gasteiger partial charge >= 0.3 is 0 Å². The van der Waals surface area contributed by atoms with E-state index in [1.165, 1.54) is 43.0 Å². The lowest BCUT2D eigenvalue weighted by Crippen LogP contribution is -2.40. The maximum atomic E-state index is 12.8. The van der Waals surface area contributed by atoms with Crippen LogP contribution in [0.2, 0.25) is 5.02 Å². The molecular formula is C24H32ClN3O3S. The van der Waals surface area contributed by atoms with Crippen LogP contribution >= 0.6 is 11.6 Å². The number of amides is 1. The van der Waals surface area contributed by atoms with Crippen molar-refractivity contribution in [1.29, 1.82) is 0 Å². The largest absolute Gasteiger partial charge is 0.348 e. The average molecular weight is 478 g/mol. The van der Waals surface area contributed by atoms with E-state index in [1.54, 1.807) is 20.8 Å². The molecule has 3 rings (SSSR count). The molecule has 2 N–H and O–H groups in total. The molecular weight excluding hydrogens is 446 g/mol. The molecule has 0 aromatic heterocycles. The molecule has 0 unspecified atom stereocenters. The van der Waals surface area contributed by atoms with Gasteiger partial charge in [-0.1, -0.05) is 42.3 Å². The van der Waals surface area contributed by atoms with E-state index in [1.807, 2.05) is 18.2 Å². The lowest BCUT2D eigenvalue weighted by molar-refractivity contribution is 0.0950. The molecule has 1 fully saturated rings. The average Bonchev–Trinajstić information content (AvgIpc) is 2.72. The number of carbonyl (C=O) groups excluding carboxylic acids is 1. The van der Waals surface area contributed by atoms with E-state index in [9.17, 15) is 13.2 Å². The van der Waals surface area contributed by atoms with Crippen molar-refractivity contribution < 1.29 is 13.2 Å². The van der Waals surface area contributed by atoms with E-state index < -0.39 is 15.6 Å². The molecule has 0 bridgehead atoms. The molecule has 174 valence electrons. The van der Waals surface area contributed by atoms with Crippen LogP contribution in [-0.2, 0) is 23.1 Å². The van der Waals surface area contributed by atoms with Crippen LogP contribution in [0.4, 0.5) is 0 Å². The molecule has 8 heteroatoms. The van der Waals surface area contributed by atoms with Gasteiger partial charge in [-0.2, -0.15) is 0 Å². The van der Waals surface area contributed by atoms with Gasteiger partial charge in [-0.3, -0.25) is 9.69 Å². The van der Waals surface area contributed by atoms with Crippen LogP contribution in [0.15, 0.2) is 47.4 Å². The summed E-state index contributed by atoms with van der Waals surface area (Å²) in [5.41, 5.74) is 1.83. The third-order valence-corrected chi connectivity index (χ3v) is 7.56. The van der Waals surface area contributed by atoms with Crippen molar-refractivity contribution in [3.05, 3.63) is 64.2 Å². The van der Waals surface area contributed by atoms with Gasteiger partial charge in [-0.15, -0.1) is 0 Å². The first-order valence-corrected chi connectivity index (χ1v) is 12.8. The second-order valence-corrected chi connectivity index (χ2v) is 11.3. The molecule has 0 atom stereocenters. The third kappa shape index (κ3) is 6.78. The summed E-state index contributed by atoms with van der Waals surface area (Å²) >= 11 is 6.15. The third-order valence-electron chi connectivity index (χ3n) is 5.32. The Labute approximate surface area is 196 Å². The topological polar surface area (TPSA) is 78.5 Å². The number of nitrogens with zero attached hydrogens (tertiary/aromatic N) is 1. The standard InChI is InChI=1S/C24H32ClN3O3S/c1-24(2,3)27-32(30,31)22-15-18(11-12-21(22)25)23(29)26-16-19-9-5-6-10-20(19)17-28-13-7-4-8-14-28/h5-6,9-12,15,27H,4,7-8,13-14,16-17H2,1-3H3,(H,26,29).